The molecule has 2 aliphatic carbocycles. The van der Waals surface area contributed by atoms with E-state index in [-0.39, 0.29) is 0 Å². The van der Waals surface area contributed by atoms with Crippen molar-refractivity contribution < 1.29 is 9.84 Å². The molecule has 0 aliphatic heterocycles. The average molecular weight is 374 g/mol. The molecule has 0 spiro atoms. The lowest BCUT2D eigenvalue weighted by atomic mass is 9.65. The van der Waals surface area contributed by atoms with Crippen LogP contribution in [0.1, 0.15) is 63.4 Å². The fourth-order valence-corrected chi connectivity index (χ4v) is 5.56. The predicted octanol–water partition coefficient (Wildman–Crippen LogP) is 4.92. The van der Waals surface area contributed by atoms with Crippen molar-refractivity contribution in [1.29, 1.82) is 0 Å². The highest BCUT2D eigenvalue weighted by Crippen LogP contribution is 2.44. The fourth-order valence-electron chi connectivity index (χ4n) is 5.56. The summed E-state index contributed by atoms with van der Waals surface area (Å²) in [5, 5.41) is 11.7. The zero-order chi connectivity index (χ0) is 19.3. The molecule has 0 radical (unpaired) electrons. The summed E-state index contributed by atoms with van der Waals surface area (Å²) in [4.78, 5) is 2.27. The molecule has 27 heavy (non-hydrogen) atoms. The summed E-state index contributed by atoms with van der Waals surface area (Å²) >= 11 is 0. The number of ether oxygens (including phenoxy) is 1. The van der Waals surface area contributed by atoms with Gasteiger partial charge in [0.25, 0.3) is 0 Å². The maximum Gasteiger partial charge on any atom is 0.119 e. The summed E-state index contributed by atoms with van der Waals surface area (Å²) in [5.74, 6) is 2.73. The Hall–Kier alpha value is -1.06. The number of hydrogen-bond donors (Lipinski definition) is 1. The molecule has 152 valence electrons. The summed E-state index contributed by atoms with van der Waals surface area (Å²) in [6, 6.07) is 8.49. The second kappa shape index (κ2) is 9.43. The van der Waals surface area contributed by atoms with Crippen LogP contribution in [0.25, 0.3) is 0 Å². The van der Waals surface area contributed by atoms with Gasteiger partial charge in [0.05, 0.1) is 12.7 Å². The minimum Gasteiger partial charge on any atom is -0.497 e. The van der Waals surface area contributed by atoms with E-state index in [0.29, 0.717) is 11.8 Å². The van der Waals surface area contributed by atoms with Crippen molar-refractivity contribution in [3.8, 4) is 5.75 Å². The lowest BCUT2D eigenvalue weighted by Gasteiger charge is -2.46. The van der Waals surface area contributed by atoms with Gasteiger partial charge in [-0.3, -0.25) is 0 Å². The standard InChI is InChI=1S/C24H39NO2/c1-25(2)18-22-15-21(14-20-10-7-11-23(16-20)27-3)12-13-24(22,26)17-19-8-5-4-6-9-19/h7,10-11,16,19,21-22,26H,4-6,8-9,12-15,17-18H2,1-3H3. The summed E-state index contributed by atoms with van der Waals surface area (Å²) < 4.78 is 5.39. The van der Waals surface area contributed by atoms with E-state index >= 15 is 0 Å². The molecule has 0 saturated heterocycles. The highest BCUT2D eigenvalue weighted by atomic mass is 16.5. The Morgan fingerprint density at radius 1 is 1.11 bits per heavy atom. The first kappa shape index (κ1) is 20.7. The van der Waals surface area contributed by atoms with Gasteiger partial charge in [-0.15, -0.1) is 0 Å². The third-order valence-corrected chi connectivity index (χ3v) is 6.97. The predicted molar refractivity (Wildman–Crippen MR) is 112 cm³/mol. The van der Waals surface area contributed by atoms with Crippen molar-refractivity contribution in [3.05, 3.63) is 29.8 Å². The maximum atomic E-state index is 11.7. The van der Waals surface area contributed by atoms with Gasteiger partial charge in [-0.2, -0.15) is 0 Å². The number of benzene rings is 1. The van der Waals surface area contributed by atoms with Gasteiger partial charge >= 0.3 is 0 Å². The first-order chi connectivity index (χ1) is 13.0. The molecular weight excluding hydrogens is 334 g/mol. The van der Waals surface area contributed by atoms with E-state index in [1.165, 1.54) is 37.7 Å². The van der Waals surface area contributed by atoms with Gasteiger partial charge in [-0.25, -0.2) is 0 Å². The number of rotatable bonds is 7. The van der Waals surface area contributed by atoms with Crippen LogP contribution in [0, 0.1) is 17.8 Å². The van der Waals surface area contributed by atoms with Crippen LogP contribution in [0.2, 0.25) is 0 Å². The molecule has 3 unspecified atom stereocenters. The van der Waals surface area contributed by atoms with Gasteiger partial charge < -0.3 is 14.7 Å². The van der Waals surface area contributed by atoms with Crippen LogP contribution in [0.3, 0.4) is 0 Å². The molecule has 3 heteroatoms. The summed E-state index contributed by atoms with van der Waals surface area (Å²) in [5.41, 5.74) is 0.901. The van der Waals surface area contributed by atoms with E-state index < -0.39 is 5.60 Å². The zero-order valence-corrected chi connectivity index (χ0v) is 17.6. The quantitative estimate of drug-likeness (QED) is 0.736. The van der Waals surface area contributed by atoms with E-state index in [1.807, 2.05) is 6.07 Å². The smallest absolute Gasteiger partial charge is 0.119 e. The Bertz CT molecular complexity index is 581. The van der Waals surface area contributed by atoms with E-state index in [1.54, 1.807) is 7.11 Å². The van der Waals surface area contributed by atoms with Crippen LogP contribution < -0.4 is 4.74 Å². The van der Waals surface area contributed by atoms with Crippen molar-refractivity contribution in [2.24, 2.45) is 17.8 Å². The summed E-state index contributed by atoms with van der Waals surface area (Å²) in [6.07, 6.45) is 12.1. The van der Waals surface area contributed by atoms with E-state index in [0.717, 1.165) is 50.3 Å². The van der Waals surface area contributed by atoms with Crippen molar-refractivity contribution in [3.63, 3.8) is 0 Å². The Balaban J connectivity index is 1.65. The van der Waals surface area contributed by atoms with Crippen LogP contribution in [0.5, 0.6) is 5.75 Å². The SMILES string of the molecule is COc1cccc(CC2CCC(O)(CC3CCCCC3)C(CN(C)C)C2)c1. The third-order valence-electron chi connectivity index (χ3n) is 6.97. The summed E-state index contributed by atoms with van der Waals surface area (Å²) in [6.45, 7) is 0.998. The molecule has 1 N–H and O–H groups in total. The van der Waals surface area contributed by atoms with Gasteiger partial charge in [0.15, 0.2) is 0 Å². The van der Waals surface area contributed by atoms with Gasteiger partial charge in [-0.1, -0.05) is 44.2 Å². The molecule has 0 bridgehead atoms. The number of hydrogen-bond acceptors (Lipinski definition) is 3. The van der Waals surface area contributed by atoms with Gasteiger partial charge in [0.1, 0.15) is 5.75 Å². The largest absolute Gasteiger partial charge is 0.497 e. The molecule has 0 heterocycles. The first-order valence-electron chi connectivity index (χ1n) is 11.0. The van der Waals surface area contributed by atoms with E-state index in [9.17, 15) is 5.11 Å². The van der Waals surface area contributed by atoms with Crippen molar-refractivity contribution in [2.75, 3.05) is 27.7 Å². The number of nitrogens with zero attached hydrogens (tertiary/aromatic N) is 1. The molecule has 3 nitrogen and oxygen atoms in total. The molecule has 1 aromatic rings. The molecule has 0 amide bonds. The highest BCUT2D eigenvalue weighted by Gasteiger charge is 2.43. The topological polar surface area (TPSA) is 32.7 Å². The first-order valence-corrected chi connectivity index (χ1v) is 11.0. The minimum atomic E-state index is -0.461. The molecule has 2 fully saturated rings. The van der Waals surface area contributed by atoms with Crippen LogP contribution in [0.15, 0.2) is 24.3 Å². The monoisotopic (exact) mass is 373 g/mol. The highest BCUT2D eigenvalue weighted by molar-refractivity contribution is 5.28. The molecule has 3 atom stereocenters. The van der Waals surface area contributed by atoms with E-state index in [4.69, 9.17) is 4.74 Å². The molecule has 1 aromatic carbocycles. The Labute approximate surface area is 166 Å². The molecule has 0 aromatic heterocycles. The number of methoxy groups -OCH3 is 1. The summed E-state index contributed by atoms with van der Waals surface area (Å²) in [7, 11) is 6.03. The van der Waals surface area contributed by atoms with Crippen molar-refractivity contribution in [2.45, 2.75) is 69.8 Å². The Morgan fingerprint density at radius 3 is 2.59 bits per heavy atom. The van der Waals surface area contributed by atoms with Crippen LogP contribution in [-0.2, 0) is 6.42 Å². The molecule has 3 rings (SSSR count). The maximum absolute atomic E-state index is 11.7. The van der Waals surface area contributed by atoms with Crippen molar-refractivity contribution in [1.82, 2.24) is 4.90 Å². The Morgan fingerprint density at radius 2 is 1.89 bits per heavy atom. The molecular formula is C24H39NO2. The van der Waals surface area contributed by atoms with Crippen LogP contribution >= 0.6 is 0 Å². The minimum absolute atomic E-state index is 0.388. The van der Waals surface area contributed by atoms with Gasteiger partial charge in [-0.05, 0) is 75.7 Å². The second-order valence-electron chi connectivity index (χ2n) is 9.47. The van der Waals surface area contributed by atoms with E-state index in [2.05, 4.69) is 37.2 Å². The third kappa shape index (κ3) is 5.71. The van der Waals surface area contributed by atoms with Crippen LogP contribution in [-0.4, -0.2) is 43.4 Å². The lowest BCUT2D eigenvalue weighted by Crippen LogP contribution is -2.48. The van der Waals surface area contributed by atoms with Gasteiger partial charge in [0, 0.05) is 12.5 Å². The lowest BCUT2D eigenvalue weighted by molar-refractivity contribution is -0.0872. The number of aliphatic hydroxyl groups is 1. The Kier molecular flexibility index (Phi) is 7.22. The zero-order valence-electron chi connectivity index (χ0n) is 17.6. The van der Waals surface area contributed by atoms with Gasteiger partial charge in [0.2, 0.25) is 0 Å². The van der Waals surface area contributed by atoms with Crippen LogP contribution in [0.4, 0.5) is 0 Å². The molecule has 2 aliphatic rings. The second-order valence-corrected chi connectivity index (χ2v) is 9.47. The normalized spacial score (nSPS) is 29.8. The molecule has 2 saturated carbocycles. The fraction of sp³-hybridized carbons (Fsp3) is 0.750. The average Bonchev–Trinajstić information content (AvgIpc) is 2.65. The van der Waals surface area contributed by atoms with Crippen molar-refractivity contribution >= 4 is 0 Å².